The fraction of sp³-hybridized carbons (Fsp3) is 0.250. The minimum atomic E-state index is -0.453. The van der Waals surface area contributed by atoms with Crippen LogP contribution in [-0.4, -0.2) is 5.78 Å². The number of rotatable bonds is 3. The van der Waals surface area contributed by atoms with E-state index in [9.17, 15) is 4.79 Å². The van der Waals surface area contributed by atoms with Gasteiger partial charge in [0.2, 0.25) is 0 Å². The van der Waals surface area contributed by atoms with Crippen molar-refractivity contribution in [3.63, 3.8) is 0 Å². The number of benzene rings is 1. The first-order valence-corrected chi connectivity index (χ1v) is 5.37. The van der Waals surface area contributed by atoms with Crippen LogP contribution in [0.15, 0.2) is 41.4 Å². The van der Waals surface area contributed by atoms with E-state index in [2.05, 4.69) is 15.9 Å². The van der Waals surface area contributed by atoms with Crippen LogP contribution in [0.1, 0.15) is 19.4 Å². The summed E-state index contributed by atoms with van der Waals surface area (Å²) >= 11 is 3.11. The number of hydrogen-bond acceptors (Lipinski definition) is 1. The molecule has 0 atom stereocenters. The van der Waals surface area contributed by atoms with Gasteiger partial charge >= 0.3 is 0 Å². The van der Waals surface area contributed by atoms with Crippen molar-refractivity contribution < 1.29 is 4.79 Å². The Bertz CT molecular complexity index is 339. The highest BCUT2D eigenvalue weighted by Crippen LogP contribution is 2.24. The van der Waals surface area contributed by atoms with E-state index in [0.29, 0.717) is 0 Å². The molecule has 0 aromatic heterocycles. The first-order valence-electron chi connectivity index (χ1n) is 4.46. The highest BCUT2D eigenvalue weighted by molar-refractivity contribution is 9.11. The zero-order valence-corrected chi connectivity index (χ0v) is 9.91. The average molecular weight is 253 g/mol. The molecule has 1 rings (SSSR count). The maximum Gasteiger partial charge on any atom is 0.166 e. The number of carbonyl (C=O) groups is 1. The summed E-state index contributed by atoms with van der Waals surface area (Å²) in [6.45, 7) is 3.86. The van der Waals surface area contributed by atoms with E-state index in [-0.39, 0.29) is 5.78 Å². The van der Waals surface area contributed by atoms with Crippen molar-refractivity contribution in [3.8, 4) is 0 Å². The topological polar surface area (TPSA) is 17.1 Å². The van der Waals surface area contributed by atoms with Gasteiger partial charge in [0.05, 0.1) is 5.41 Å². The molecular weight excluding hydrogens is 240 g/mol. The average Bonchev–Trinajstić information content (AvgIpc) is 2.19. The number of ketones is 1. The van der Waals surface area contributed by atoms with Crippen molar-refractivity contribution >= 4 is 21.7 Å². The highest BCUT2D eigenvalue weighted by atomic mass is 79.9. The van der Waals surface area contributed by atoms with Crippen LogP contribution < -0.4 is 0 Å². The molecule has 0 saturated heterocycles. The molecule has 1 aromatic carbocycles. The molecule has 0 bridgehead atoms. The predicted octanol–water partition coefficient (Wildman–Crippen LogP) is 3.44. The second kappa shape index (κ2) is 4.56. The van der Waals surface area contributed by atoms with Crippen molar-refractivity contribution in [2.24, 2.45) is 0 Å². The summed E-state index contributed by atoms with van der Waals surface area (Å²) in [5, 5.41) is 0. The number of halogens is 1. The van der Waals surface area contributed by atoms with E-state index in [1.54, 1.807) is 11.1 Å². The maximum atomic E-state index is 11.7. The Morgan fingerprint density at radius 1 is 1.29 bits per heavy atom. The third kappa shape index (κ3) is 2.32. The summed E-state index contributed by atoms with van der Waals surface area (Å²) in [6.07, 6.45) is 1.55. The summed E-state index contributed by atoms with van der Waals surface area (Å²) in [5.74, 6) is 0.0978. The predicted molar refractivity (Wildman–Crippen MR) is 62.5 cm³/mol. The van der Waals surface area contributed by atoms with Gasteiger partial charge in [0, 0.05) is 0 Å². The lowest BCUT2D eigenvalue weighted by molar-refractivity contribution is -0.118. The van der Waals surface area contributed by atoms with E-state index in [1.165, 1.54) is 0 Å². The molecule has 14 heavy (non-hydrogen) atoms. The minimum Gasteiger partial charge on any atom is -0.294 e. The van der Waals surface area contributed by atoms with Gasteiger partial charge in [0.1, 0.15) is 0 Å². The third-order valence-electron chi connectivity index (χ3n) is 2.33. The second-order valence-electron chi connectivity index (χ2n) is 3.65. The molecule has 0 radical (unpaired) electrons. The summed E-state index contributed by atoms with van der Waals surface area (Å²) in [6, 6.07) is 9.79. The molecule has 0 fully saturated rings. The van der Waals surface area contributed by atoms with Gasteiger partial charge in [-0.3, -0.25) is 4.79 Å². The van der Waals surface area contributed by atoms with Crippen LogP contribution in [0.2, 0.25) is 0 Å². The summed E-state index contributed by atoms with van der Waals surface area (Å²) in [5.41, 5.74) is 0.585. The zero-order chi connectivity index (χ0) is 10.6. The van der Waals surface area contributed by atoms with E-state index < -0.39 is 5.41 Å². The van der Waals surface area contributed by atoms with Crippen LogP contribution in [0.25, 0.3) is 0 Å². The Labute approximate surface area is 93.0 Å². The molecule has 0 amide bonds. The molecule has 0 aliphatic carbocycles. The van der Waals surface area contributed by atoms with E-state index in [0.717, 1.165) is 5.56 Å². The largest absolute Gasteiger partial charge is 0.294 e. The molecule has 0 saturated carbocycles. The SMILES string of the molecule is CC(C)(C(=O)C=CBr)c1ccccc1. The van der Waals surface area contributed by atoms with Gasteiger partial charge in [0.25, 0.3) is 0 Å². The Morgan fingerprint density at radius 3 is 2.36 bits per heavy atom. The summed E-state index contributed by atoms with van der Waals surface area (Å²) in [4.78, 5) is 13.3. The standard InChI is InChI=1S/C12H13BrO/c1-12(2,11(14)8-9-13)10-6-4-3-5-7-10/h3-9H,1-2H3. The molecule has 0 spiro atoms. The second-order valence-corrected chi connectivity index (χ2v) is 4.18. The van der Waals surface area contributed by atoms with E-state index in [1.807, 2.05) is 44.2 Å². The molecular formula is C12H13BrO. The van der Waals surface area contributed by atoms with Crippen molar-refractivity contribution in [2.75, 3.05) is 0 Å². The van der Waals surface area contributed by atoms with Crippen LogP contribution in [0, 0.1) is 0 Å². The van der Waals surface area contributed by atoms with Crippen molar-refractivity contribution in [1.29, 1.82) is 0 Å². The van der Waals surface area contributed by atoms with Crippen molar-refractivity contribution in [1.82, 2.24) is 0 Å². The lowest BCUT2D eigenvalue weighted by Crippen LogP contribution is -2.27. The molecule has 1 aromatic rings. The van der Waals surface area contributed by atoms with Crippen molar-refractivity contribution in [3.05, 3.63) is 47.0 Å². The van der Waals surface area contributed by atoms with Crippen molar-refractivity contribution in [2.45, 2.75) is 19.3 Å². The van der Waals surface area contributed by atoms with Gasteiger partial charge in [-0.05, 0) is 30.5 Å². The number of allylic oxidation sites excluding steroid dienone is 1. The van der Waals surface area contributed by atoms with E-state index in [4.69, 9.17) is 0 Å². The molecule has 0 aliphatic heterocycles. The Kier molecular flexibility index (Phi) is 3.64. The molecule has 2 heteroatoms. The van der Waals surface area contributed by atoms with E-state index >= 15 is 0 Å². The third-order valence-corrected chi connectivity index (χ3v) is 2.59. The Morgan fingerprint density at radius 2 is 1.86 bits per heavy atom. The molecule has 0 unspecified atom stereocenters. The Balaban J connectivity index is 3.02. The normalized spacial score (nSPS) is 11.9. The maximum absolute atomic E-state index is 11.7. The summed E-state index contributed by atoms with van der Waals surface area (Å²) < 4.78 is 0. The zero-order valence-electron chi connectivity index (χ0n) is 8.33. The van der Waals surface area contributed by atoms with Gasteiger partial charge in [-0.25, -0.2) is 0 Å². The smallest absolute Gasteiger partial charge is 0.166 e. The first-order chi connectivity index (χ1) is 6.59. The van der Waals surface area contributed by atoms with Crippen LogP contribution in [0.4, 0.5) is 0 Å². The van der Waals surface area contributed by atoms with Gasteiger partial charge < -0.3 is 0 Å². The quantitative estimate of drug-likeness (QED) is 0.754. The van der Waals surface area contributed by atoms with Crippen LogP contribution in [-0.2, 0) is 10.2 Å². The van der Waals surface area contributed by atoms with Crippen LogP contribution in [0.5, 0.6) is 0 Å². The lowest BCUT2D eigenvalue weighted by Gasteiger charge is -2.21. The van der Waals surface area contributed by atoms with Crippen LogP contribution >= 0.6 is 15.9 Å². The van der Waals surface area contributed by atoms with Gasteiger partial charge in [-0.15, -0.1) is 0 Å². The minimum absolute atomic E-state index is 0.0978. The fourth-order valence-corrected chi connectivity index (χ4v) is 1.50. The van der Waals surface area contributed by atoms with Crippen LogP contribution in [0.3, 0.4) is 0 Å². The monoisotopic (exact) mass is 252 g/mol. The fourth-order valence-electron chi connectivity index (χ4n) is 1.26. The molecule has 0 N–H and O–H groups in total. The van der Waals surface area contributed by atoms with Gasteiger partial charge in [-0.2, -0.15) is 0 Å². The molecule has 0 heterocycles. The van der Waals surface area contributed by atoms with Gasteiger partial charge in [0.15, 0.2) is 5.78 Å². The lowest BCUT2D eigenvalue weighted by atomic mass is 9.81. The Hall–Kier alpha value is -0.890. The molecule has 1 nitrogen and oxygen atoms in total. The molecule has 0 aliphatic rings. The first kappa shape index (κ1) is 11.2. The molecule has 74 valence electrons. The number of hydrogen-bond donors (Lipinski definition) is 0. The summed E-state index contributed by atoms with van der Waals surface area (Å²) in [7, 11) is 0. The van der Waals surface area contributed by atoms with Gasteiger partial charge in [-0.1, -0.05) is 46.3 Å². The highest BCUT2D eigenvalue weighted by Gasteiger charge is 2.26. The number of carbonyl (C=O) groups excluding carboxylic acids is 1.